The van der Waals surface area contributed by atoms with Crippen molar-refractivity contribution in [3.8, 4) is 0 Å². The molecule has 2 aliphatic rings. The van der Waals surface area contributed by atoms with Crippen molar-refractivity contribution in [1.29, 1.82) is 0 Å². The lowest BCUT2D eigenvalue weighted by Gasteiger charge is -2.49. The van der Waals surface area contributed by atoms with Crippen molar-refractivity contribution in [3.63, 3.8) is 0 Å². The Kier molecular flexibility index (Phi) is 5.11. The van der Waals surface area contributed by atoms with Crippen LogP contribution in [0.2, 0.25) is 0 Å². The molecule has 0 bridgehead atoms. The van der Waals surface area contributed by atoms with Crippen LogP contribution < -0.4 is 5.32 Å². The Labute approximate surface area is 155 Å². The maximum absolute atomic E-state index is 12.3. The fourth-order valence-electron chi connectivity index (χ4n) is 4.23. The zero-order chi connectivity index (χ0) is 17.9. The molecule has 0 spiro atoms. The molecule has 0 aliphatic carbocycles. The number of fused-ring (bicyclic) bond motifs is 1. The van der Waals surface area contributed by atoms with Gasteiger partial charge in [-0.2, -0.15) is 5.10 Å². The molecule has 4 rings (SSSR count). The Balaban J connectivity index is 1.17. The number of nitrogens with zero attached hydrogens (tertiary/aromatic N) is 4. The van der Waals surface area contributed by atoms with Gasteiger partial charge in [0.05, 0.1) is 11.7 Å². The van der Waals surface area contributed by atoms with Gasteiger partial charge in [-0.05, 0) is 38.8 Å². The zero-order valence-corrected chi connectivity index (χ0v) is 15.6. The molecule has 0 radical (unpaired) electrons. The van der Waals surface area contributed by atoms with Gasteiger partial charge in [-0.25, -0.2) is 4.79 Å². The number of piperidine rings is 1. The standard InChI is InChI=1S/C20H29N5O/c1-16-7-4-5-11-24(16)18-14-23(15-18)20(26)21-10-6-12-25-19-9-3-2-8-17(19)13-22-25/h2-3,8-9,13,16,18H,4-7,10-12,14-15H2,1H3,(H,21,26)/t16-/m0/s1. The molecule has 2 amide bonds. The molecule has 2 aromatic rings. The number of urea groups is 1. The molecule has 2 saturated heterocycles. The quantitative estimate of drug-likeness (QED) is 0.839. The first-order chi connectivity index (χ1) is 12.7. The lowest BCUT2D eigenvalue weighted by molar-refractivity contribution is 0.0170. The topological polar surface area (TPSA) is 53.4 Å². The second-order valence-corrected chi connectivity index (χ2v) is 7.65. The van der Waals surface area contributed by atoms with Crippen molar-refractivity contribution in [2.75, 3.05) is 26.2 Å². The van der Waals surface area contributed by atoms with Crippen molar-refractivity contribution in [3.05, 3.63) is 30.5 Å². The summed E-state index contributed by atoms with van der Waals surface area (Å²) < 4.78 is 2.01. The highest BCUT2D eigenvalue weighted by molar-refractivity contribution is 5.78. The Morgan fingerprint density at radius 3 is 2.96 bits per heavy atom. The first-order valence-electron chi connectivity index (χ1n) is 9.91. The van der Waals surface area contributed by atoms with Crippen LogP contribution >= 0.6 is 0 Å². The SMILES string of the molecule is C[C@H]1CCCCN1C1CN(C(=O)NCCCn2ncc3ccccc32)C1. The van der Waals surface area contributed by atoms with Crippen LogP contribution in [0.15, 0.2) is 30.5 Å². The smallest absolute Gasteiger partial charge is 0.317 e. The lowest BCUT2D eigenvalue weighted by Crippen LogP contribution is -2.65. The van der Waals surface area contributed by atoms with Crippen LogP contribution in [0.4, 0.5) is 4.79 Å². The number of aryl methyl sites for hydroxylation is 1. The number of aromatic nitrogens is 2. The van der Waals surface area contributed by atoms with Gasteiger partial charge >= 0.3 is 6.03 Å². The summed E-state index contributed by atoms with van der Waals surface area (Å²) in [7, 11) is 0. The highest BCUT2D eigenvalue weighted by atomic mass is 16.2. The molecule has 0 unspecified atom stereocenters. The molecule has 1 aromatic carbocycles. The second kappa shape index (κ2) is 7.66. The van der Waals surface area contributed by atoms with E-state index in [4.69, 9.17) is 0 Å². The van der Waals surface area contributed by atoms with E-state index >= 15 is 0 Å². The number of likely N-dealkylation sites (tertiary alicyclic amines) is 2. The lowest BCUT2D eigenvalue weighted by atomic mass is 9.98. The third-order valence-corrected chi connectivity index (χ3v) is 5.85. The summed E-state index contributed by atoms with van der Waals surface area (Å²) in [5.41, 5.74) is 1.15. The number of rotatable bonds is 5. The van der Waals surface area contributed by atoms with Gasteiger partial charge in [0.2, 0.25) is 0 Å². The molecule has 2 fully saturated rings. The molecule has 6 nitrogen and oxygen atoms in total. The third kappa shape index (κ3) is 3.56. The molecule has 2 aliphatic heterocycles. The van der Waals surface area contributed by atoms with Gasteiger partial charge in [0.15, 0.2) is 0 Å². The van der Waals surface area contributed by atoms with Gasteiger partial charge in [0, 0.05) is 43.6 Å². The summed E-state index contributed by atoms with van der Waals surface area (Å²) in [5, 5.41) is 8.65. The van der Waals surface area contributed by atoms with Gasteiger partial charge in [0.1, 0.15) is 0 Å². The summed E-state index contributed by atoms with van der Waals surface area (Å²) in [6.07, 6.45) is 6.73. The first-order valence-corrected chi connectivity index (χ1v) is 9.91. The highest BCUT2D eigenvalue weighted by Gasteiger charge is 2.37. The van der Waals surface area contributed by atoms with E-state index in [1.54, 1.807) is 0 Å². The van der Waals surface area contributed by atoms with Crippen molar-refractivity contribution in [1.82, 2.24) is 24.9 Å². The van der Waals surface area contributed by atoms with Gasteiger partial charge in [-0.1, -0.05) is 24.6 Å². The van der Waals surface area contributed by atoms with E-state index in [0.717, 1.165) is 37.0 Å². The number of hydrogen-bond donors (Lipinski definition) is 1. The molecule has 1 N–H and O–H groups in total. The number of benzene rings is 1. The number of hydrogen-bond acceptors (Lipinski definition) is 3. The third-order valence-electron chi connectivity index (χ3n) is 5.85. The summed E-state index contributed by atoms with van der Waals surface area (Å²) in [4.78, 5) is 16.8. The minimum Gasteiger partial charge on any atom is -0.338 e. The summed E-state index contributed by atoms with van der Waals surface area (Å²) in [6.45, 7) is 6.77. The predicted molar refractivity (Wildman–Crippen MR) is 103 cm³/mol. The van der Waals surface area contributed by atoms with Crippen LogP contribution in [0.5, 0.6) is 0 Å². The van der Waals surface area contributed by atoms with Crippen molar-refractivity contribution >= 4 is 16.9 Å². The Bertz CT molecular complexity index is 751. The number of nitrogens with one attached hydrogen (secondary N) is 1. The monoisotopic (exact) mass is 355 g/mol. The van der Waals surface area contributed by atoms with E-state index in [2.05, 4.69) is 34.4 Å². The minimum absolute atomic E-state index is 0.0798. The average molecular weight is 355 g/mol. The zero-order valence-electron chi connectivity index (χ0n) is 15.6. The minimum atomic E-state index is 0.0798. The van der Waals surface area contributed by atoms with E-state index in [-0.39, 0.29) is 6.03 Å². The first kappa shape index (κ1) is 17.3. The van der Waals surface area contributed by atoms with Gasteiger partial charge < -0.3 is 10.2 Å². The Morgan fingerprint density at radius 2 is 2.12 bits per heavy atom. The Hall–Kier alpha value is -2.08. The highest BCUT2D eigenvalue weighted by Crippen LogP contribution is 2.24. The summed E-state index contributed by atoms with van der Waals surface area (Å²) >= 11 is 0. The molecular formula is C20H29N5O. The molecule has 140 valence electrons. The Morgan fingerprint density at radius 1 is 1.27 bits per heavy atom. The second-order valence-electron chi connectivity index (χ2n) is 7.65. The van der Waals surface area contributed by atoms with Crippen LogP contribution in [-0.4, -0.2) is 63.9 Å². The molecule has 26 heavy (non-hydrogen) atoms. The van der Waals surface area contributed by atoms with Crippen molar-refractivity contribution in [2.24, 2.45) is 0 Å². The van der Waals surface area contributed by atoms with Gasteiger partial charge in [0.25, 0.3) is 0 Å². The van der Waals surface area contributed by atoms with Crippen LogP contribution in [0, 0.1) is 0 Å². The normalized spacial score (nSPS) is 21.7. The predicted octanol–water partition coefficient (Wildman–Crippen LogP) is 2.69. The van der Waals surface area contributed by atoms with Crippen LogP contribution in [0.25, 0.3) is 10.9 Å². The molecule has 0 saturated carbocycles. The average Bonchev–Trinajstić information content (AvgIpc) is 3.02. The van der Waals surface area contributed by atoms with E-state index in [9.17, 15) is 4.79 Å². The number of carbonyl (C=O) groups is 1. The summed E-state index contributed by atoms with van der Waals surface area (Å²) in [6, 6.07) is 9.53. The van der Waals surface area contributed by atoms with E-state index in [1.807, 2.05) is 27.9 Å². The molecule has 1 atom stereocenters. The van der Waals surface area contributed by atoms with E-state index < -0.39 is 0 Å². The van der Waals surface area contributed by atoms with E-state index in [0.29, 0.717) is 18.6 Å². The van der Waals surface area contributed by atoms with Crippen LogP contribution in [0.3, 0.4) is 0 Å². The maximum atomic E-state index is 12.3. The summed E-state index contributed by atoms with van der Waals surface area (Å²) in [5.74, 6) is 0. The molecule has 6 heteroatoms. The fraction of sp³-hybridized carbons (Fsp3) is 0.600. The maximum Gasteiger partial charge on any atom is 0.317 e. The van der Waals surface area contributed by atoms with Crippen molar-refractivity contribution in [2.45, 2.75) is 51.2 Å². The number of para-hydroxylation sites is 1. The fourth-order valence-corrected chi connectivity index (χ4v) is 4.23. The van der Waals surface area contributed by atoms with Crippen LogP contribution in [-0.2, 0) is 6.54 Å². The van der Waals surface area contributed by atoms with Gasteiger partial charge in [-0.3, -0.25) is 9.58 Å². The molecular weight excluding hydrogens is 326 g/mol. The van der Waals surface area contributed by atoms with Crippen LogP contribution in [0.1, 0.15) is 32.6 Å². The largest absolute Gasteiger partial charge is 0.338 e. The molecule has 1 aromatic heterocycles. The number of carbonyl (C=O) groups excluding carboxylic acids is 1. The number of amides is 2. The van der Waals surface area contributed by atoms with Gasteiger partial charge in [-0.15, -0.1) is 0 Å². The van der Waals surface area contributed by atoms with E-state index in [1.165, 1.54) is 25.8 Å². The van der Waals surface area contributed by atoms with Crippen molar-refractivity contribution < 1.29 is 4.79 Å². The molecule has 3 heterocycles.